The van der Waals surface area contributed by atoms with E-state index in [9.17, 15) is 24.3 Å². The van der Waals surface area contributed by atoms with E-state index in [-0.39, 0.29) is 24.1 Å². The van der Waals surface area contributed by atoms with Crippen molar-refractivity contribution in [1.82, 2.24) is 16.0 Å². The number of carboxylic acids is 1. The first-order chi connectivity index (χ1) is 12.9. The molecule has 0 aromatic heterocycles. The molecule has 0 unspecified atom stereocenters. The Morgan fingerprint density at radius 2 is 1.59 bits per heavy atom. The number of hydrogen-bond acceptors (Lipinski definition) is 4. The summed E-state index contributed by atoms with van der Waals surface area (Å²) in [5, 5.41) is 16.7. The van der Waals surface area contributed by atoms with E-state index in [1.807, 2.05) is 0 Å². The zero-order valence-corrected chi connectivity index (χ0v) is 14.2. The minimum atomic E-state index is -1.29. The lowest BCUT2D eigenvalue weighted by Crippen LogP contribution is -2.46. The molecular formula is C19H17N3O5. The Labute approximate surface area is 154 Å². The molecule has 1 aliphatic heterocycles. The van der Waals surface area contributed by atoms with Crippen LogP contribution < -0.4 is 16.0 Å². The molecule has 138 valence electrons. The minimum absolute atomic E-state index is 0.0265. The van der Waals surface area contributed by atoms with E-state index in [0.29, 0.717) is 5.56 Å². The van der Waals surface area contributed by atoms with Crippen LogP contribution in [0.25, 0.3) is 0 Å². The first-order valence-electron chi connectivity index (χ1n) is 8.24. The van der Waals surface area contributed by atoms with Crippen LogP contribution >= 0.6 is 0 Å². The minimum Gasteiger partial charge on any atom is -0.478 e. The summed E-state index contributed by atoms with van der Waals surface area (Å²) in [5.41, 5.74) is -0.787. The van der Waals surface area contributed by atoms with Crippen LogP contribution in [0.4, 0.5) is 4.79 Å². The Bertz CT molecular complexity index is 913. The molecule has 1 fully saturated rings. The molecule has 1 aliphatic rings. The number of carboxylic acid groups (broad SMARTS) is 1. The second-order valence-electron chi connectivity index (χ2n) is 6.04. The zero-order chi connectivity index (χ0) is 19.4. The quantitative estimate of drug-likeness (QED) is 0.572. The number of benzene rings is 2. The number of carbonyl (C=O) groups excluding carboxylic acids is 3. The molecule has 8 nitrogen and oxygen atoms in total. The molecule has 27 heavy (non-hydrogen) atoms. The normalized spacial score (nSPS) is 18.5. The lowest BCUT2D eigenvalue weighted by atomic mass is 9.86. The summed E-state index contributed by atoms with van der Waals surface area (Å²) in [6.07, 6.45) is 0.107. The average Bonchev–Trinajstić information content (AvgIpc) is 2.96. The smallest absolute Gasteiger partial charge is 0.336 e. The van der Waals surface area contributed by atoms with Gasteiger partial charge in [0.05, 0.1) is 11.1 Å². The number of amides is 4. The van der Waals surface area contributed by atoms with Gasteiger partial charge in [0.25, 0.3) is 11.8 Å². The van der Waals surface area contributed by atoms with E-state index in [0.717, 1.165) is 0 Å². The second kappa shape index (κ2) is 7.28. The predicted molar refractivity (Wildman–Crippen MR) is 95.1 cm³/mol. The van der Waals surface area contributed by atoms with Gasteiger partial charge in [0, 0.05) is 13.0 Å². The van der Waals surface area contributed by atoms with Crippen molar-refractivity contribution in [1.29, 1.82) is 0 Å². The van der Waals surface area contributed by atoms with Crippen molar-refractivity contribution in [3.63, 3.8) is 0 Å². The Hall–Kier alpha value is -3.68. The van der Waals surface area contributed by atoms with Gasteiger partial charge >= 0.3 is 12.0 Å². The average molecular weight is 367 g/mol. The van der Waals surface area contributed by atoms with Gasteiger partial charge < -0.3 is 15.7 Å². The molecule has 1 atom stereocenters. The number of urea groups is 1. The van der Waals surface area contributed by atoms with Gasteiger partial charge in [-0.15, -0.1) is 0 Å². The Morgan fingerprint density at radius 3 is 2.19 bits per heavy atom. The first kappa shape index (κ1) is 18.1. The number of aromatic carboxylic acids is 1. The van der Waals surface area contributed by atoms with Crippen LogP contribution in [0.2, 0.25) is 0 Å². The van der Waals surface area contributed by atoms with Crippen molar-refractivity contribution in [3.05, 3.63) is 71.3 Å². The van der Waals surface area contributed by atoms with Gasteiger partial charge in [-0.25, -0.2) is 9.59 Å². The highest BCUT2D eigenvalue weighted by atomic mass is 16.4. The number of imide groups is 1. The summed E-state index contributed by atoms with van der Waals surface area (Å²) in [4.78, 5) is 47.7. The summed E-state index contributed by atoms with van der Waals surface area (Å²) in [7, 11) is 0. The van der Waals surface area contributed by atoms with Gasteiger partial charge in [-0.3, -0.25) is 14.9 Å². The zero-order valence-electron chi connectivity index (χ0n) is 14.2. The Balaban J connectivity index is 1.76. The Kier molecular flexibility index (Phi) is 4.89. The van der Waals surface area contributed by atoms with Crippen molar-refractivity contribution in [2.45, 2.75) is 12.0 Å². The summed E-state index contributed by atoms with van der Waals surface area (Å²) in [5.74, 6) is -2.27. The van der Waals surface area contributed by atoms with Crippen molar-refractivity contribution >= 4 is 23.8 Å². The highest BCUT2D eigenvalue weighted by Gasteiger charge is 2.47. The predicted octanol–water partition coefficient (Wildman–Crippen LogP) is 1.24. The van der Waals surface area contributed by atoms with Gasteiger partial charge in [-0.05, 0) is 17.7 Å². The fourth-order valence-electron chi connectivity index (χ4n) is 3.06. The van der Waals surface area contributed by atoms with Crippen LogP contribution in [-0.2, 0) is 10.3 Å². The van der Waals surface area contributed by atoms with Crippen LogP contribution in [0.5, 0.6) is 0 Å². The van der Waals surface area contributed by atoms with Crippen molar-refractivity contribution in [2.24, 2.45) is 0 Å². The van der Waals surface area contributed by atoms with Gasteiger partial charge in [0.15, 0.2) is 0 Å². The van der Waals surface area contributed by atoms with Crippen LogP contribution in [-0.4, -0.2) is 35.5 Å². The third kappa shape index (κ3) is 3.50. The van der Waals surface area contributed by atoms with Gasteiger partial charge in [-0.2, -0.15) is 0 Å². The molecule has 0 aliphatic carbocycles. The van der Waals surface area contributed by atoms with Crippen LogP contribution in [0.1, 0.15) is 32.7 Å². The highest BCUT2D eigenvalue weighted by Crippen LogP contribution is 2.28. The lowest BCUT2D eigenvalue weighted by molar-refractivity contribution is -0.124. The molecular weight excluding hydrogens is 350 g/mol. The van der Waals surface area contributed by atoms with Crippen LogP contribution in [0.3, 0.4) is 0 Å². The van der Waals surface area contributed by atoms with E-state index >= 15 is 0 Å². The summed E-state index contributed by atoms with van der Waals surface area (Å²) < 4.78 is 0. The van der Waals surface area contributed by atoms with Gasteiger partial charge in [0.2, 0.25) is 0 Å². The van der Waals surface area contributed by atoms with E-state index < -0.39 is 29.4 Å². The molecule has 0 saturated carbocycles. The monoisotopic (exact) mass is 367 g/mol. The third-order valence-corrected chi connectivity index (χ3v) is 4.40. The van der Waals surface area contributed by atoms with E-state index in [2.05, 4.69) is 16.0 Å². The highest BCUT2D eigenvalue weighted by molar-refractivity contribution is 6.07. The lowest BCUT2D eigenvalue weighted by Gasteiger charge is -2.26. The largest absolute Gasteiger partial charge is 0.478 e. The maximum atomic E-state index is 12.4. The maximum Gasteiger partial charge on any atom is 0.336 e. The van der Waals surface area contributed by atoms with Crippen molar-refractivity contribution < 1.29 is 24.3 Å². The summed E-state index contributed by atoms with van der Waals surface area (Å²) in [6.45, 7) is 0.0510. The topological polar surface area (TPSA) is 125 Å². The van der Waals surface area contributed by atoms with Crippen LogP contribution in [0.15, 0.2) is 54.6 Å². The fraction of sp³-hybridized carbons (Fsp3) is 0.158. The molecule has 1 heterocycles. The number of carbonyl (C=O) groups is 4. The van der Waals surface area contributed by atoms with E-state index in [4.69, 9.17) is 0 Å². The molecule has 0 radical (unpaired) electrons. The third-order valence-electron chi connectivity index (χ3n) is 4.40. The molecule has 2 aromatic carbocycles. The molecule has 1 saturated heterocycles. The second-order valence-corrected chi connectivity index (χ2v) is 6.04. The molecule has 4 amide bonds. The van der Waals surface area contributed by atoms with E-state index in [1.165, 1.54) is 18.2 Å². The molecule has 0 bridgehead atoms. The van der Waals surface area contributed by atoms with Gasteiger partial charge in [-0.1, -0.05) is 42.5 Å². The molecule has 2 aromatic rings. The van der Waals surface area contributed by atoms with Gasteiger partial charge in [0.1, 0.15) is 5.54 Å². The standard InChI is InChI=1S/C19H17N3O5/c23-15(13-8-4-5-9-14(13)16(24)25)20-11-10-19(12-6-2-1-3-7-12)17(26)21-18(27)22-19/h1-9H,10-11H2,(H,20,23)(H,24,25)(H2,21,22,26,27)/t19-/m1/s1. The Morgan fingerprint density at radius 1 is 0.963 bits per heavy atom. The van der Waals surface area contributed by atoms with Crippen molar-refractivity contribution in [2.75, 3.05) is 6.54 Å². The van der Waals surface area contributed by atoms with Crippen molar-refractivity contribution in [3.8, 4) is 0 Å². The SMILES string of the molecule is O=C1NC(=O)[C@@](CCNC(=O)c2ccccc2C(=O)O)(c2ccccc2)N1. The molecule has 0 spiro atoms. The molecule has 4 N–H and O–H groups in total. The molecule has 8 heteroatoms. The molecule has 3 rings (SSSR count). The van der Waals surface area contributed by atoms with Crippen LogP contribution in [0, 0.1) is 0 Å². The number of nitrogens with one attached hydrogen (secondary N) is 3. The summed E-state index contributed by atoms with van der Waals surface area (Å²) >= 11 is 0. The number of hydrogen-bond donors (Lipinski definition) is 4. The fourth-order valence-corrected chi connectivity index (χ4v) is 3.06. The maximum absolute atomic E-state index is 12.4. The number of rotatable bonds is 6. The summed E-state index contributed by atoms with van der Waals surface area (Å²) in [6, 6.07) is 14.0. The first-order valence-corrected chi connectivity index (χ1v) is 8.24. The van der Waals surface area contributed by atoms with E-state index in [1.54, 1.807) is 36.4 Å².